The number of anilines is 1. The first-order chi connectivity index (χ1) is 10.2. The monoisotopic (exact) mass is 288 g/mol. The lowest BCUT2D eigenvalue weighted by molar-refractivity contribution is 0.387. The fourth-order valence-electron chi connectivity index (χ4n) is 2.11. The van der Waals surface area contributed by atoms with E-state index in [9.17, 15) is 4.39 Å². The molecule has 3 rings (SSSR count). The Bertz CT molecular complexity index is 761. The number of aromatic amines is 1. The van der Waals surface area contributed by atoms with Gasteiger partial charge in [0.25, 0.3) is 0 Å². The van der Waals surface area contributed by atoms with Crippen LogP contribution in [-0.2, 0) is 6.54 Å². The maximum Gasteiger partial charge on any atom is 0.167 e. The first-order valence-corrected chi connectivity index (χ1v) is 6.22. The molecule has 1 N–H and O–H groups in total. The van der Waals surface area contributed by atoms with E-state index >= 15 is 0 Å². The number of H-pyrrole nitrogens is 1. The zero-order chi connectivity index (χ0) is 14.8. The molecule has 0 saturated carbocycles. The van der Waals surface area contributed by atoms with Crippen LogP contribution >= 0.6 is 0 Å². The Morgan fingerprint density at radius 2 is 2.10 bits per heavy atom. The number of methoxy groups -OCH3 is 1. The van der Waals surface area contributed by atoms with Crippen molar-refractivity contribution in [2.45, 2.75) is 6.54 Å². The van der Waals surface area contributed by atoms with Crippen molar-refractivity contribution in [3.8, 4) is 5.75 Å². The summed E-state index contributed by atoms with van der Waals surface area (Å²) in [4.78, 5) is 14.3. The molecule has 7 nitrogen and oxygen atoms in total. The average Bonchev–Trinajstić information content (AvgIpc) is 2.98. The van der Waals surface area contributed by atoms with Crippen molar-refractivity contribution in [2.75, 3.05) is 19.1 Å². The van der Waals surface area contributed by atoms with Gasteiger partial charge in [0.05, 0.1) is 19.2 Å². The van der Waals surface area contributed by atoms with Crippen LogP contribution in [0.1, 0.15) is 5.82 Å². The van der Waals surface area contributed by atoms with E-state index in [4.69, 9.17) is 4.74 Å². The van der Waals surface area contributed by atoms with Crippen molar-refractivity contribution in [1.29, 1.82) is 0 Å². The molecule has 0 unspecified atom stereocenters. The van der Waals surface area contributed by atoms with Gasteiger partial charge in [0, 0.05) is 18.5 Å². The van der Waals surface area contributed by atoms with Crippen molar-refractivity contribution in [3.63, 3.8) is 0 Å². The summed E-state index contributed by atoms with van der Waals surface area (Å²) in [5.41, 5.74) is 0.516. The Morgan fingerprint density at radius 1 is 1.24 bits per heavy atom. The van der Waals surface area contributed by atoms with Crippen LogP contribution in [0.25, 0.3) is 10.9 Å². The Hall–Kier alpha value is -2.77. The summed E-state index contributed by atoms with van der Waals surface area (Å²) in [7, 11) is 3.28. The van der Waals surface area contributed by atoms with Crippen LogP contribution in [0.2, 0.25) is 0 Å². The number of fused-ring (bicyclic) bond motifs is 1. The first-order valence-electron chi connectivity index (χ1n) is 6.22. The summed E-state index contributed by atoms with van der Waals surface area (Å²) < 4.78 is 18.8. The van der Waals surface area contributed by atoms with E-state index in [1.807, 2.05) is 11.9 Å². The number of rotatable bonds is 4. The average molecular weight is 288 g/mol. The molecule has 0 saturated heterocycles. The SMILES string of the molecule is COc1cc2c(N(C)Cc3ncn[nH]3)ncnc2cc1F. The van der Waals surface area contributed by atoms with E-state index in [0.717, 1.165) is 0 Å². The third kappa shape index (κ3) is 2.47. The molecule has 0 radical (unpaired) electrons. The van der Waals surface area contributed by atoms with Gasteiger partial charge in [-0.25, -0.2) is 19.3 Å². The molecule has 0 aliphatic carbocycles. The van der Waals surface area contributed by atoms with Gasteiger partial charge in [-0.15, -0.1) is 0 Å². The molecule has 1 aromatic carbocycles. The summed E-state index contributed by atoms with van der Waals surface area (Å²) >= 11 is 0. The third-order valence-electron chi connectivity index (χ3n) is 3.10. The largest absolute Gasteiger partial charge is 0.494 e. The molecule has 0 spiro atoms. The molecular weight excluding hydrogens is 275 g/mol. The van der Waals surface area contributed by atoms with Crippen molar-refractivity contribution >= 4 is 16.7 Å². The Balaban J connectivity index is 2.05. The van der Waals surface area contributed by atoms with E-state index in [1.54, 1.807) is 6.07 Å². The second kappa shape index (κ2) is 5.31. The highest BCUT2D eigenvalue weighted by atomic mass is 19.1. The summed E-state index contributed by atoms with van der Waals surface area (Å²) in [6, 6.07) is 2.93. The topological polar surface area (TPSA) is 79.8 Å². The van der Waals surface area contributed by atoms with Crippen LogP contribution in [0.15, 0.2) is 24.8 Å². The van der Waals surface area contributed by atoms with E-state index in [2.05, 4.69) is 25.1 Å². The van der Waals surface area contributed by atoms with Gasteiger partial charge < -0.3 is 9.64 Å². The maximum absolute atomic E-state index is 13.7. The second-order valence-corrected chi connectivity index (χ2v) is 4.49. The van der Waals surface area contributed by atoms with E-state index in [0.29, 0.717) is 29.1 Å². The quantitative estimate of drug-likeness (QED) is 0.784. The summed E-state index contributed by atoms with van der Waals surface area (Å²) in [5, 5.41) is 7.30. The molecule has 0 fully saturated rings. The molecule has 108 valence electrons. The molecule has 0 amide bonds. The van der Waals surface area contributed by atoms with Gasteiger partial charge in [-0.3, -0.25) is 5.10 Å². The normalized spacial score (nSPS) is 10.8. The van der Waals surface area contributed by atoms with E-state index in [1.165, 1.54) is 25.8 Å². The zero-order valence-electron chi connectivity index (χ0n) is 11.5. The van der Waals surface area contributed by atoms with Crippen molar-refractivity contribution < 1.29 is 9.13 Å². The van der Waals surface area contributed by atoms with Crippen molar-refractivity contribution in [1.82, 2.24) is 25.1 Å². The second-order valence-electron chi connectivity index (χ2n) is 4.49. The van der Waals surface area contributed by atoms with Gasteiger partial charge in [0.2, 0.25) is 0 Å². The van der Waals surface area contributed by atoms with Gasteiger partial charge in [-0.05, 0) is 6.07 Å². The molecule has 0 atom stereocenters. The lowest BCUT2D eigenvalue weighted by Gasteiger charge is -2.18. The minimum absolute atomic E-state index is 0.159. The fraction of sp³-hybridized carbons (Fsp3) is 0.231. The minimum Gasteiger partial charge on any atom is -0.494 e. The smallest absolute Gasteiger partial charge is 0.167 e. The highest BCUT2D eigenvalue weighted by Crippen LogP contribution is 2.29. The number of nitrogens with zero attached hydrogens (tertiary/aromatic N) is 5. The van der Waals surface area contributed by atoms with Crippen LogP contribution in [0.5, 0.6) is 5.75 Å². The highest BCUT2D eigenvalue weighted by molar-refractivity contribution is 5.90. The predicted octanol–water partition coefficient (Wildman–Crippen LogP) is 1.53. The Labute approximate surface area is 119 Å². The van der Waals surface area contributed by atoms with E-state index < -0.39 is 5.82 Å². The molecule has 8 heteroatoms. The van der Waals surface area contributed by atoms with Crippen LogP contribution in [0.4, 0.5) is 10.2 Å². The lowest BCUT2D eigenvalue weighted by Crippen LogP contribution is -2.19. The molecule has 0 aliphatic heterocycles. The third-order valence-corrected chi connectivity index (χ3v) is 3.10. The van der Waals surface area contributed by atoms with Gasteiger partial charge in [-0.1, -0.05) is 0 Å². The Morgan fingerprint density at radius 3 is 2.81 bits per heavy atom. The van der Waals surface area contributed by atoms with Crippen LogP contribution < -0.4 is 9.64 Å². The number of hydrogen-bond donors (Lipinski definition) is 1. The zero-order valence-corrected chi connectivity index (χ0v) is 11.5. The van der Waals surface area contributed by atoms with Crippen molar-refractivity contribution in [3.05, 3.63) is 36.4 Å². The highest BCUT2D eigenvalue weighted by Gasteiger charge is 2.13. The lowest BCUT2D eigenvalue weighted by atomic mass is 10.2. The maximum atomic E-state index is 13.7. The minimum atomic E-state index is -0.451. The van der Waals surface area contributed by atoms with Crippen LogP contribution in [0.3, 0.4) is 0 Å². The van der Waals surface area contributed by atoms with Crippen LogP contribution in [0, 0.1) is 5.82 Å². The number of benzene rings is 1. The van der Waals surface area contributed by atoms with Crippen molar-refractivity contribution in [2.24, 2.45) is 0 Å². The van der Waals surface area contributed by atoms with Gasteiger partial charge in [-0.2, -0.15) is 5.10 Å². The summed E-state index contributed by atoms with van der Waals surface area (Å²) in [6.45, 7) is 0.492. The number of halogens is 1. The van der Waals surface area contributed by atoms with Gasteiger partial charge in [0.15, 0.2) is 11.6 Å². The molecule has 21 heavy (non-hydrogen) atoms. The van der Waals surface area contributed by atoms with Gasteiger partial charge >= 0.3 is 0 Å². The molecule has 0 bridgehead atoms. The Kier molecular flexibility index (Phi) is 3.35. The number of aromatic nitrogens is 5. The summed E-state index contributed by atoms with van der Waals surface area (Å²) in [6.07, 6.45) is 2.85. The number of ether oxygens (including phenoxy) is 1. The number of nitrogens with one attached hydrogen (secondary N) is 1. The fourth-order valence-corrected chi connectivity index (χ4v) is 2.11. The number of hydrogen-bond acceptors (Lipinski definition) is 6. The molecule has 2 aromatic heterocycles. The standard InChI is InChI=1S/C13H13FN6O/c1-20(5-12-16-7-18-19-12)13-8-3-11(21-2)9(14)4-10(8)15-6-17-13/h3-4,6-7H,5H2,1-2H3,(H,16,18,19). The molecule has 0 aliphatic rings. The first kappa shape index (κ1) is 13.2. The van der Waals surface area contributed by atoms with E-state index in [-0.39, 0.29) is 5.75 Å². The molecule has 2 heterocycles. The van der Waals surface area contributed by atoms with Crippen LogP contribution in [-0.4, -0.2) is 39.3 Å². The predicted molar refractivity (Wildman–Crippen MR) is 74.5 cm³/mol. The van der Waals surface area contributed by atoms with Gasteiger partial charge in [0.1, 0.15) is 24.3 Å². The molecule has 3 aromatic rings. The summed E-state index contributed by atoms with van der Waals surface area (Å²) in [5.74, 6) is 1.08. The molecular formula is C13H13FN6O.